The van der Waals surface area contributed by atoms with Gasteiger partial charge in [0.1, 0.15) is 0 Å². The number of anilines is 1. The van der Waals surface area contributed by atoms with Gasteiger partial charge in [-0.25, -0.2) is 0 Å². The summed E-state index contributed by atoms with van der Waals surface area (Å²) in [5.41, 5.74) is 2.92. The molecule has 0 bridgehead atoms. The van der Waals surface area contributed by atoms with Crippen LogP contribution in [0.1, 0.15) is 36.0 Å². The van der Waals surface area contributed by atoms with Crippen LogP contribution in [-0.4, -0.2) is 47.8 Å². The zero-order valence-electron chi connectivity index (χ0n) is 16.3. The van der Waals surface area contributed by atoms with Gasteiger partial charge >= 0.3 is 6.18 Å². The molecule has 2 aliphatic heterocycles. The van der Waals surface area contributed by atoms with E-state index in [9.17, 15) is 13.2 Å². The maximum Gasteiger partial charge on any atom is 0.416 e. The second kappa shape index (κ2) is 7.35. The van der Waals surface area contributed by atoms with Crippen LogP contribution in [0.2, 0.25) is 0 Å². The third-order valence-electron chi connectivity index (χ3n) is 5.95. The number of rotatable bonds is 2. The Balaban J connectivity index is 1.66. The van der Waals surface area contributed by atoms with Crippen LogP contribution in [0.4, 0.5) is 19.0 Å². The Morgan fingerprint density at radius 1 is 1.04 bits per heavy atom. The molecule has 28 heavy (non-hydrogen) atoms. The number of hydrogen-bond donors (Lipinski definition) is 0. The number of likely N-dealkylation sites (N-methyl/N-ethyl adjacent to an activating group) is 1. The van der Waals surface area contributed by atoms with E-state index in [0.29, 0.717) is 17.3 Å². The van der Waals surface area contributed by atoms with Gasteiger partial charge in [-0.2, -0.15) is 13.2 Å². The zero-order valence-corrected chi connectivity index (χ0v) is 16.3. The van der Waals surface area contributed by atoms with E-state index < -0.39 is 11.7 Å². The Morgan fingerprint density at radius 2 is 1.79 bits per heavy atom. The van der Waals surface area contributed by atoms with Crippen molar-refractivity contribution >= 4 is 5.82 Å². The molecule has 4 rings (SSSR count). The van der Waals surface area contributed by atoms with Gasteiger partial charge < -0.3 is 9.80 Å². The summed E-state index contributed by atoms with van der Waals surface area (Å²) in [4.78, 5) is 4.75. The van der Waals surface area contributed by atoms with Gasteiger partial charge in [-0.05, 0) is 63.9 Å². The number of benzene rings is 1. The first-order valence-corrected chi connectivity index (χ1v) is 9.83. The largest absolute Gasteiger partial charge is 0.416 e. The summed E-state index contributed by atoms with van der Waals surface area (Å²) in [7, 11) is 2.15. The molecular formula is C21H25F3N4. The normalized spacial score (nSPS) is 20.9. The monoisotopic (exact) mass is 390 g/mol. The summed E-state index contributed by atoms with van der Waals surface area (Å²) in [6.45, 7) is 5.16. The molecule has 0 radical (unpaired) electrons. The summed E-state index contributed by atoms with van der Waals surface area (Å²) in [6.07, 6.45) is 0.00650. The van der Waals surface area contributed by atoms with E-state index in [1.807, 2.05) is 6.92 Å². The first kappa shape index (κ1) is 19.2. The number of aromatic nitrogens is 2. The van der Waals surface area contributed by atoms with E-state index in [2.05, 4.69) is 27.0 Å². The van der Waals surface area contributed by atoms with E-state index >= 15 is 0 Å². The van der Waals surface area contributed by atoms with E-state index in [1.54, 1.807) is 0 Å². The Kier molecular flexibility index (Phi) is 5.04. The molecule has 0 spiro atoms. The third-order valence-corrected chi connectivity index (χ3v) is 5.95. The molecule has 1 aromatic carbocycles. The number of nitrogens with zero attached hydrogens (tertiary/aromatic N) is 4. The van der Waals surface area contributed by atoms with Gasteiger partial charge in [0.05, 0.1) is 11.3 Å². The number of piperidine rings is 1. The molecule has 2 aromatic rings. The lowest BCUT2D eigenvalue weighted by Crippen LogP contribution is -2.49. The average molecular weight is 390 g/mol. The molecule has 1 atom stereocenters. The van der Waals surface area contributed by atoms with Gasteiger partial charge in [0.2, 0.25) is 0 Å². The van der Waals surface area contributed by atoms with Crippen molar-refractivity contribution in [3.8, 4) is 11.3 Å². The molecule has 0 aliphatic carbocycles. The fourth-order valence-electron chi connectivity index (χ4n) is 4.45. The molecule has 150 valence electrons. The molecule has 1 fully saturated rings. The highest BCUT2D eigenvalue weighted by Gasteiger charge is 2.32. The van der Waals surface area contributed by atoms with Gasteiger partial charge in [0.15, 0.2) is 5.82 Å². The quantitative estimate of drug-likeness (QED) is 0.765. The van der Waals surface area contributed by atoms with Crippen LogP contribution >= 0.6 is 0 Å². The maximum absolute atomic E-state index is 12.8. The van der Waals surface area contributed by atoms with Crippen LogP contribution in [0.3, 0.4) is 0 Å². The first-order chi connectivity index (χ1) is 13.3. The fourth-order valence-corrected chi connectivity index (χ4v) is 4.45. The molecule has 4 nitrogen and oxygen atoms in total. The van der Waals surface area contributed by atoms with Crippen molar-refractivity contribution in [1.29, 1.82) is 0 Å². The number of likely N-dealkylation sites (tertiary alicyclic amines) is 1. The van der Waals surface area contributed by atoms with Crippen LogP contribution in [0.5, 0.6) is 0 Å². The number of fused-ring (bicyclic) bond motifs is 1. The minimum absolute atomic E-state index is 0.448. The van der Waals surface area contributed by atoms with Gasteiger partial charge in [0, 0.05) is 30.3 Å². The fraction of sp³-hybridized carbons (Fsp3) is 0.524. The minimum Gasteiger partial charge on any atom is -0.351 e. The lowest BCUT2D eigenvalue weighted by atomic mass is 9.94. The molecule has 1 saturated heterocycles. The highest BCUT2D eigenvalue weighted by atomic mass is 19.4. The van der Waals surface area contributed by atoms with Crippen LogP contribution in [-0.2, 0) is 12.6 Å². The summed E-state index contributed by atoms with van der Waals surface area (Å²) < 4.78 is 38.5. The second-order valence-corrected chi connectivity index (χ2v) is 7.91. The van der Waals surface area contributed by atoms with E-state index in [4.69, 9.17) is 0 Å². The molecule has 1 aromatic heterocycles. The van der Waals surface area contributed by atoms with Gasteiger partial charge in [-0.1, -0.05) is 12.1 Å². The Bertz CT molecular complexity index is 848. The number of hydrogen-bond acceptors (Lipinski definition) is 4. The predicted octanol–water partition coefficient (Wildman–Crippen LogP) is 4.32. The topological polar surface area (TPSA) is 32.3 Å². The van der Waals surface area contributed by atoms with Crippen molar-refractivity contribution in [2.24, 2.45) is 0 Å². The van der Waals surface area contributed by atoms with E-state index in [1.165, 1.54) is 24.1 Å². The highest BCUT2D eigenvalue weighted by Crippen LogP contribution is 2.35. The lowest BCUT2D eigenvalue weighted by Gasteiger charge is -2.41. The molecule has 0 saturated carbocycles. The maximum atomic E-state index is 12.8. The molecule has 2 aliphatic rings. The van der Waals surface area contributed by atoms with Crippen LogP contribution in [0.15, 0.2) is 24.3 Å². The Hall–Kier alpha value is -2.15. The second-order valence-electron chi connectivity index (χ2n) is 7.91. The third kappa shape index (κ3) is 3.60. The summed E-state index contributed by atoms with van der Waals surface area (Å²) >= 11 is 0. The lowest BCUT2D eigenvalue weighted by molar-refractivity contribution is -0.137. The highest BCUT2D eigenvalue weighted by molar-refractivity contribution is 5.68. The van der Waals surface area contributed by atoms with Crippen LogP contribution < -0.4 is 4.90 Å². The zero-order chi connectivity index (χ0) is 19.9. The predicted molar refractivity (Wildman–Crippen MR) is 103 cm³/mol. The molecule has 3 heterocycles. The molecular weight excluding hydrogens is 365 g/mol. The van der Waals surface area contributed by atoms with Gasteiger partial charge in [0.25, 0.3) is 0 Å². The van der Waals surface area contributed by atoms with Crippen molar-refractivity contribution < 1.29 is 13.2 Å². The first-order valence-electron chi connectivity index (χ1n) is 9.83. The van der Waals surface area contributed by atoms with Crippen LogP contribution in [0, 0.1) is 6.92 Å². The molecule has 0 unspecified atom stereocenters. The number of alkyl halides is 3. The SMILES string of the molecule is Cc1c(-c2ccc(C(F)(F)F)cc2)nnc2c1CCCN2[C@@H]1CCCN(C)C1. The standard InChI is InChI=1S/C21H25F3N4/c1-14-18-6-4-12-28(17-5-3-11-27(2)13-17)20(18)26-25-19(14)15-7-9-16(10-8-15)21(22,23)24/h7-10,17H,3-6,11-13H2,1-2H3/t17-/m1/s1. The van der Waals surface area contributed by atoms with Gasteiger partial charge in [-0.15, -0.1) is 10.2 Å². The summed E-state index contributed by atoms with van der Waals surface area (Å²) in [6, 6.07) is 5.65. The van der Waals surface area contributed by atoms with E-state index in [0.717, 1.165) is 62.4 Å². The molecule has 7 heteroatoms. The van der Waals surface area contributed by atoms with E-state index in [-0.39, 0.29) is 0 Å². The van der Waals surface area contributed by atoms with Crippen molar-refractivity contribution in [3.63, 3.8) is 0 Å². The van der Waals surface area contributed by atoms with Crippen LogP contribution in [0.25, 0.3) is 11.3 Å². The van der Waals surface area contributed by atoms with Crippen molar-refractivity contribution in [2.45, 2.75) is 44.8 Å². The van der Waals surface area contributed by atoms with Crippen molar-refractivity contribution in [2.75, 3.05) is 31.6 Å². The average Bonchev–Trinajstić information content (AvgIpc) is 2.67. The Morgan fingerprint density at radius 3 is 2.46 bits per heavy atom. The molecule has 0 amide bonds. The molecule has 0 N–H and O–H groups in total. The van der Waals surface area contributed by atoms with Crippen molar-refractivity contribution in [3.05, 3.63) is 41.0 Å². The smallest absolute Gasteiger partial charge is 0.351 e. The summed E-state index contributed by atoms with van der Waals surface area (Å²) in [5, 5.41) is 8.98. The van der Waals surface area contributed by atoms with Crippen molar-refractivity contribution in [1.82, 2.24) is 15.1 Å². The van der Waals surface area contributed by atoms with Gasteiger partial charge in [-0.3, -0.25) is 0 Å². The minimum atomic E-state index is -4.33. The Labute approximate surface area is 163 Å². The number of halogens is 3. The summed E-state index contributed by atoms with van der Waals surface area (Å²) in [5.74, 6) is 0.958.